The molecule has 3 rings (SSSR count). The van der Waals surface area contributed by atoms with Crippen molar-refractivity contribution in [3.63, 3.8) is 0 Å². The quantitative estimate of drug-likeness (QED) is 0.906. The lowest BCUT2D eigenvalue weighted by molar-refractivity contribution is 0.108. The summed E-state index contributed by atoms with van der Waals surface area (Å²) in [4.78, 5) is 14.1. The van der Waals surface area contributed by atoms with Gasteiger partial charge < -0.3 is 15.0 Å². The Balaban J connectivity index is 1.58. The molecule has 5 heteroatoms. The van der Waals surface area contributed by atoms with Crippen molar-refractivity contribution in [1.82, 2.24) is 10.2 Å². The van der Waals surface area contributed by atoms with Gasteiger partial charge in [0.15, 0.2) is 0 Å². The molecule has 1 aliphatic carbocycles. The molecule has 2 amide bonds. The van der Waals surface area contributed by atoms with Crippen LogP contribution in [-0.4, -0.2) is 36.2 Å². The Hall–Kier alpha value is -1.62. The van der Waals surface area contributed by atoms with Gasteiger partial charge in [-0.05, 0) is 31.7 Å². The van der Waals surface area contributed by atoms with Gasteiger partial charge in [0.25, 0.3) is 0 Å². The van der Waals surface area contributed by atoms with Crippen molar-refractivity contribution in [3.05, 3.63) is 35.6 Å². The van der Waals surface area contributed by atoms with Crippen LogP contribution in [0.4, 0.5) is 9.18 Å². The third-order valence-electron chi connectivity index (χ3n) is 4.05. The number of hydrogen-bond acceptors (Lipinski definition) is 2. The summed E-state index contributed by atoms with van der Waals surface area (Å²) < 4.78 is 19.3. The summed E-state index contributed by atoms with van der Waals surface area (Å²) in [6.07, 6.45) is 4.19. The van der Waals surface area contributed by atoms with Gasteiger partial charge in [-0.3, -0.25) is 0 Å². The molecule has 1 unspecified atom stereocenters. The van der Waals surface area contributed by atoms with Crippen LogP contribution in [0.5, 0.6) is 0 Å². The molecule has 1 aliphatic heterocycles. The third-order valence-corrected chi connectivity index (χ3v) is 4.05. The summed E-state index contributed by atoms with van der Waals surface area (Å²) in [5.74, 6) is -0.255. The van der Waals surface area contributed by atoms with E-state index >= 15 is 0 Å². The van der Waals surface area contributed by atoms with Crippen molar-refractivity contribution >= 4 is 6.03 Å². The van der Waals surface area contributed by atoms with E-state index in [0.29, 0.717) is 18.7 Å². The summed E-state index contributed by atoms with van der Waals surface area (Å²) in [5.41, 5.74) is 0.566. The Morgan fingerprint density at radius 1 is 1.33 bits per heavy atom. The van der Waals surface area contributed by atoms with Crippen molar-refractivity contribution < 1.29 is 13.9 Å². The SMILES string of the molecule is O=C(NCC1CCCO1)N(Cc1ccccc1F)C1CC1. The first-order valence-electron chi connectivity index (χ1n) is 7.63. The molecule has 0 spiro atoms. The Morgan fingerprint density at radius 2 is 2.14 bits per heavy atom. The van der Waals surface area contributed by atoms with Crippen molar-refractivity contribution in [2.24, 2.45) is 0 Å². The van der Waals surface area contributed by atoms with Gasteiger partial charge in [-0.1, -0.05) is 18.2 Å². The van der Waals surface area contributed by atoms with Crippen molar-refractivity contribution in [3.8, 4) is 0 Å². The summed E-state index contributed by atoms with van der Waals surface area (Å²) in [6.45, 7) is 1.65. The number of nitrogens with zero attached hydrogens (tertiary/aromatic N) is 1. The summed E-state index contributed by atoms with van der Waals surface area (Å²) >= 11 is 0. The maximum Gasteiger partial charge on any atom is 0.318 e. The van der Waals surface area contributed by atoms with E-state index in [9.17, 15) is 9.18 Å². The molecule has 0 aromatic heterocycles. The summed E-state index contributed by atoms with van der Waals surface area (Å²) in [5, 5.41) is 2.93. The van der Waals surface area contributed by atoms with E-state index < -0.39 is 0 Å². The lowest BCUT2D eigenvalue weighted by Gasteiger charge is -2.24. The molecule has 4 nitrogen and oxygen atoms in total. The fourth-order valence-electron chi connectivity index (χ4n) is 2.67. The van der Waals surface area contributed by atoms with Crippen LogP contribution in [0.15, 0.2) is 24.3 Å². The molecule has 0 bridgehead atoms. The van der Waals surface area contributed by atoms with E-state index in [1.807, 2.05) is 0 Å². The van der Waals surface area contributed by atoms with Crippen LogP contribution in [0, 0.1) is 5.82 Å². The molecular weight excluding hydrogens is 271 g/mol. The number of carbonyl (C=O) groups excluding carboxylic acids is 1. The van der Waals surface area contributed by atoms with Crippen LogP contribution in [-0.2, 0) is 11.3 Å². The standard InChI is InChI=1S/C16H21FN2O2/c17-15-6-2-1-4-12(15)11-19(13-7-8-13)16(20)18-10-14-5-3-9-21-14/h1-2,4,6,13-14H,3,5,7-11H2,(H,18,20). The van der Waals surface area contributed by atoms with E-state index in [1.54, 1.807) is 23.1 Å². The number of benzene rings is 1. The topological polar surface area (TPSA) is 41.6 Å². The van der Waals surface area contributed by atoms with Crippen molar-refractivity contribution in [2.75, 3.05) is 13.2 Å². The number of amides is 2. The van der Waals surface area contributed by atoms with Crippen molar-refractivity contribution in [1.29, 1.82) is 0 Å². The molecule has 1 saturated heterocycles. The fourth-order valence-corrected chi connectivity index (χ4v) is 2.67. The molecule has 1 heterocycles. The van der Waals surface area contributed by atoms with E-state index in [2.05, 4.69) is 5.32 Å². The minimum Gasteiger partial charge on any atom is -0.376 e. The molecule has 0 radical (unpaired) electrons. The Bertz CT molecular complexity index is 499. The monoisotopic (exact) mass is 292 g/mol. The van der Waals surface area contributed by atoms with Gasteiger partial charge in [-0.25, -0.2) is 9.18 Å². The minimum absolute atomic E-state index is 0.115. The number of halogens is 1. The number of ether oxygens (including phenoxy) is 1. The Morgan fingerprint density at radius 3 is 2.81 bits per heavy atom. The van der Waals surface area contributed by atoms with Crippen LogP contribution < -0.4 is 5.32 Å². The first kappa shape index (κ1) is 14.3. The highest BCUT2D eigenvalue weighted by atomic mass is 19.1. The molecule has 1 aromatic rings. The maximum absolute atomic E-state index is 13.8. The predicted octanol–water partition coefficient (Wildman–Crippen LogP) is 2.68. The van der Waals surface area contributed by atoms with Crippen LogP contribution in [0.2, 0.25) is 0 Å². The molecule has 1 saturated carbocycles. The molecule has 2 fully saturated rings. The van der Waals surface area contributed by atoms with Crippen LogP contribution in [0.25, 0.3) is 0 Å². The average Bonchev–Trinajstić information content (AvgIpc) is 3.19. The molecule has 21 heavy (non-hydrogen) atoms. The van der Waals surface area contributed by atoms with Crippen LogP contribution >= 0.6 is 0 Å². The van der Waals surface area contributed by atoms with Crippen LogP contribution in [0.3, 0.4) is 0 Å². The molecule has 1 N–H and O–H groups in total. The predicted molar refractivity (Wildman–Crippen MR) is 77.3 cm³/mol. The highest BCUT2D eigenvalue weighted by Gasteiger charge is 2.33. The largest absolute Gasteiger partial charge is 0.376 e. The fraction of sp³-hybridized carbons (Fsp3) is 0.562. The second-order valence-electron chi connectivity index (χ2n) is 5.77. The van der Waals surface area contributed by atoms with Crippen molar-refractivity contribution in [2.45, 2.75) is 44.4 Å². The number of hydrogen-bond donors (Lipinski definition) is 1. The zero-order valence-corrected chi connectivity index (χ0v) is 12.1. The lowest BCUT2D eigenvalue weighted by Crippen LogP contribution is -2.43. The van der Waals surface area contributed by atoms with Gasteiger partial charge in [0.2, 0.25) is 0 Å². The molecule has 1 atom stereocenters. The zero-order valence-electron chi connectivity index (χ0n) is 12.1. The Labute approximate surface area is 124 Å². The number of nitrogens with one attached hydrogen (secondary N) is 1. The first-order chi connectivity index (χ1) is 10.2. The smallest absolute Gasteiger partial charge is 0.318 e. The molecule has 114 valence electrons. The molecule has 1 aromatic carbocycles. The number of carbonyl (C=O) groups is 1. The van der Waals surface area contributed by atoms with Crippen LogP contribution in [0.1, 0.15) is 31.2 Å². The third kappa shape index (κ3) is 3.73. The Kier molecular flexibility index (Phi) is 4.39. The average molecular weight is 292 g/mol. The number of rotatable bonds is 5. The van der Waals surface area contributed by atoms with Gasteiger partial charge in [0.1, 0.15) is 5.82 Å². The first-order valence-corrected chi connectivity index (χ1v) is 7.63. The van der Waals surface area contributed by atoms with E-state index in [1.165, 1.54) is 6.07 Å². The summed E-state index contributed by atoms with van der Waals surface area (Å²) in [6, 6.07) is 6.76. The molecule has 2 aliphatic rings. The maximum atomic E-state index is 13.8. The van der Waals surface area contributed by atoms with Gasteiger partial charge in [-0.2, -0.15) is 0 Å². The highest BCUT2D eigenvalue weighted by Crippen LogP contribution is 2.28. The van der Waals surface area contributed by atoms with Gasteiger partial charge in [0, 0.05) is 24.8 Å². The lowest BCUT2D eigenvalue weighted by atomic mass is 10.2. The highest BCUT2D eigenvalue weighted by molar-refractivity contribution is 5.75. The zero-order chi connectivity index (χ0) is 14.7. The second kappa shape index (κ2) is 6.43. The van der Waals surface area contributed by atoms with E-state index in [-0.39, 0.29) is 24.0 Å². The van der Waals surface area contributed by atoms with E-state index in [4.69, 9.17) is 4.74 Å². The van der Waals surface area contributed by atoms with Gasteiger partial charge in [0.05, 0.1) is 12.6 Å². The van der Waals surface area contributed by atoms with E-state index in [0.717, 1.165) is 32.3 Å². The summed E-state index contributed by atoms with van der Waals surface area (Å²) in [7, 11) is 0. The van der Waals surface area contributed by atoms with Gasteiger partial charge >= 0.3 is 6.03 Å². The van der Waals surface area contributed by atoms with Gasteiger partial charge in [-0.15, -0.1) is 0 Å². The minimum atomic E-state index is -0.255. The molecular formula is C16H21FN2O2. The number of urea groups is 1. The normalized spacial score (nSPS) is 21.3. The second-order valence-corrected chi connectivity index (χ2v) is 5.77.